The molecule has 0 aliphatic carbocycles. The molecule has 0 bridgehead atoms. The van der Waals surface area contributed by atoms with Gasteiger partial charge in [-0.25, -0.2) is 22.0 Å². The van der Waals surface area contributed by atoms with Crippen molar-refractivity contribution in [3.63, 3.8) is 0 Å². The summed E-state index contributed by atoms with van der Waals surface area (Å²) in [5, 5.41) is 6.07. The molecule has 0 aromatic heterocycles. The predicted molar refractivity (Wildman–Crippen MR) is 144 cm³/mol. The number of hydrogen-bond acceptors (Lipinski definition) is 4. The highest BCUT2D eigenvalue weighted by atomic mass is 79.9. The Morgan fingerprint density at radius 3 is 2.20 bits per heavy atom. The summed E-state index contributed by atoms with van der Waals surface area (Å²) in [4.78, 5) is 13.0. The summed E-state index contributed by atoms with van der Waals surface area (Å²) in [6, 6.07) is 17.1. The van der Waals surface area contributed by atoms with Gasteiger partial charge < -0.3 is 9.47 Å². The van der Waals surface area contributed by atoms with Crippen LogP contribution in [0.25, 0.3) is 16.8 Å². The van der Waals surface area contributed by atoms with E-state index in [0.29, 0.717) is 21.5 Å². The van der Waals surface area contributed by atoms with Crippen LogP contribution in [0, 0.1) is 29.1 Å². The number of halogens is 6. The summed E-state index contributed by atoms with van der Waals surface area (Å²) >= 11 is 3.42. The minimum Gasteiger partial charge on any atom is -0.493 e. The molecular weight excluding hydrogens is 599 g/mol. The molecule has 0 atom stereocenters. The lowest BCUT2D eigenvalue weighted by atomic mass is 10.1. The first-order valence-corrected chi connectivity index (χ1v) is 12.5. The van der Waals surface area contributed by atoms with Gasteiger partial charge in [0.1, 0.15) is 12.3 Å². The van der Waals surface area contributed by atoms with Gasteiger partial charge in [0, 0.05) is 4.47 Å². The van der Waals surface area contributed by atoms with Gasteiger partial charge in [0.15, 0.2) is 34.8 Å². The first-order valence-electron chi connectivity index (χ1n) is 11.7. The Morgan fingerprint density at radius 2 is 1.52 bits per heavy atom. The average Bonchev–Trinajstić information content (AvgIpc) is 3.22. The van der Waals surface area contributed by atoms with Crippen LogP contribution in [0.1, 0.15) is 18.1 Å². The van der Waals surface area contributed by atoms with Gasteiger partial charge in [-0.15, -0.1) is 0 Å². The number of anilines is 1. The number of benzene rings is 4. The molecule has 5 rings (SSSR count). The summed E-state index contributed by atoms with van der Waals surface area (Å²) in [7, 11) is 1.43. The molecule has 11 heteroatoms. The Bertz CT molecular complexity index is 1730. The molecule has 0 N–H and O–H groups in total. The van der Waals surface area contributed by atoms with Crippen LogP contribution in [0.15, 0.2) is 69.7 Å². The van der Waals surface area contributed by atoms with E-state index in [4.69, 9.17) is 9.47 Å². The molecule has 0 radical (unpaired) electrons. The molecule has 40 heavy (non-hydrogen) atoms. The number of carbonyl (C=O) groups excluding carboxylic acids is 1. The van der Waals surface area contributed by atoms with Crippen molar-refractivity contribution < 1.29 is 36.2 Å². The van der Waals surface area contributed by atoms with E-state index in [1.54, 1.807) is 12.1 Å². The van der Waals surface area contributed by atoms with Crippen LogP contribution in [0.3, 0.4) is 0 Å². The Balaban J connectivity index is 1.43. The average molecular weight is 617 g/mol. The van der Waals surface area contributed by atoms with Gasteiger partial charge in [-0.3, -0.25) is 4.79 Å². The molecule has 0 unspecified atom stereocenters. The van der Waals surface area contributed by atoms with Gasteiger partial charge in [0.2, 0.25) is 5.82 Å². The number of rotatable bonds is 6. The van der Waals surface area contributed by atoms with E-state index in [1.165, 1.54) is 20.1 Å². The maximum Gasteiger partial charge on any atom is 0.280 e. The van der Waals surface area contributed by atoms with Gasteiger partial charge in [0.25, 0.3) is 5.91 Å². The molecule has 0 spiro atoms. The highest BCUT2D eigenvalue weighted by Crippen LogP contribution is 2.37. The Labute approximate surface area is 233 Å². The molecule has 0 saturated carbocycles. The number of ether oxygens (including phenoxy) is 2. The molecule has 1 heterocycles. The molecule has 4 aromatic carbocycles. The highest BCUT2D eigenvalue weighted by Gasteiger charge is 2.37. The molecule has 0 saturated heterocycles. The van der Waals surface area contributed by atoms with E-state index in [9.17, 15) is 26.7 Å². The maximum atomic E-state index is 14.3. The predicted octanol–water partition coefficient (Wildman–Crippen LogP) is 7.69. The number of amides is 1. The Hall–Kier alpha value is -4.25. The number of methoxy groups -OCH3 is 1. The summed E-state index contributed by atoms with van der Waals surface area (Å²) in [5.41, 5.74) is -0.252. The van der Waals surface area contributed by atoms with E-state index < -0.39 is 40.7 Å². The maximum absolute atomic E-state index is 14.3. The normalized spacial score (nSPS) is 14.3. The lowest BCUT2D eigenvalue weighted by Crippen LogP contribution is -2.25. The number of hydrazone groups is 1. The molecule has 0 fully saturated rings. The smallest absolute Gasteiger partial charge is 0.280 e. The van der Waals surface area contributed by atoms with E-state index in [2.05, 4.69) is 21.0 Å². The van der Waals surface area contributed by atoms with Crippen LogP contribution >= 0.6 is 15.9 Å². The third-order valence-electron chi connectivity index (χ3n) is 6.25. The Morgan fingerprint density at radius 1 is 0.875 bits per heavy atom. The molecular formula is C29H18BrF5N2O3. The van der Waals surface area contributed by atoms with E-state index in [0.717, 1.165) is 16.3 Å². The fourth-order valence-corrected chi connectivity index (χ4v) is 4.63. The standard InChI is InChI=1S/C29H18BrF5N2O3/c1-14-19(29(38)37(36-14)28-26(34)24(32)23(31)25(33)27(28)35)10-18-11-21(39-2)22(12-20(18)30)40-13-15-7-8-16-5-3-4-6-17(16)9-15/h3-12H,13H2,1-2H3/b19-10+. The quantitative estimate of drug-likeness (QED) is 0.0966. The topological polar surface area (TPSA) is 51.1 Å². The van der Waals surface area contributed by atoms with Crippen LogP contribution in [-0.4, -0.2) is 18.7 Å². The van der Waals surface area contributed by atoms with Crippen molar-refractivity contribution >= 4 is 50.1 Å². The zero-order chi connectivity index (χ0) is 28.7. The second-order valence-electron chi connectivity index (χ2n) is 8.77. The van der Waals surface area contributed by atoms with Crippen molar-refractivity contribution in [1.82, 2.24) is 0 Å². The first-order chi connectivity index (χ1) is 19.1. The second-order valence-corrected chi connectivity index (χ2v) is 9.63. The van der Waals surface area contributed by atoms with E-state index in [-0.39, 0.29) is 22.9 Å². The summed E-state index contributed by atoms with van der Waals surface area (Å²) in [6.07, 6.45) is 1.35. The van der Waals surface area contributed by atoms with E-state index >= 15 is 0 Å². The number of nitrogens with zero attached hydrogens (tertiary/aromatic N) is 2. The van der Waals surface area contributed by atoms with Gasteiger partial charge >= 0.3 is 0 Å². The largest absolute Gasteiger partial charge is 0.493 e. The van der Waals surface area contributed by atoms with Gasteiger partial charge in [-0.2, -0.15) is 10.1 Å². The molecule has 1 aliphatic heterocycles. The third-order valence-corrected chi connectivity index (χ3v) is 6.94. The minimum atomic E-state index is -2.33. The van der Waals surface area contributed by atoms with E-state index in [1.807, 2.05) is 42.5 Å². The SMILES string of the molecule is COc1cc(/C=C2/C(=O)N(c3c(F)c(F)c(F)c(F)c3F)N=C2C)c(Br)cc1OCc1ccc2ccccc2c1. The van der Waals surface area contributed by atoms with Crippen molar-refractivity contribution in [2.75, 3.05) is 12.1 Å². The van der Waals surface area contributed by atoms with Crippen LogP contribution in [0.2, 0.25) is 0 Å². The van der Waals surface area contributed by atoms with Gasteiger partial charge in [-0.05, 0) is 53.1 Å². The van der Waals surface area contributed by atoms with Gasteiger partial charge in [-0.1, -0.05) is 52.3 Å². The summed E-state index contributed by atoms with van der Waals surface area (Å²) in [6.45, 7) is 1.61. The monoisotopic (exact) mass is 616 g/mol. The van der Waals surface area contributed by atoms with Crippen molar-refractivity contribution in [3.8, 4) is 11.5 Å². The lowest BCUT2D eigenvalue weighted by Gasteiger charge is -2.15. The van der Waals surface area contributed by atoms with Crippen molar-refractivity contribution in [2.45, 2.75) is 13.5 Å². The molecule has 204 valence electrons. The van der Waals surface area contributed by atoms with Crippen molar-refractivity contribution in [3.05, 3.63) is 105 Å². The fraction of sp³-hybridized carbons (Fsp3) is 0.103. The molecule has 1 aliphatic rings. The minimum absolute atomic E-state index is 0.00330. The first kappa shape index (κ1) is 27.3. The third kappa shape index (κ3) is 4.81. The molecule has 5 nitrogen and oxygen atoms in total. The van der Waals surface area contributed by atoms with Gasteiger partial charge in [0.05, 0.1) is 18.4 Å². The number of fused-ring (bicyclic) bond motifs is 1. The zero-order valence-corrected chi connectivity index (χ0v) is 22.5. The van der Waals surface area contributed by atoms with Crippen LogP contribution in [0.4, 0.5) is 27.6 Å². The fourth-order valence-electron chi connectivity index (χ4n) is 4.19. The second kappa shape index (κ2) is 10.7. The lowest BCUT2D eigenvalue weighted by molar-refractivity contribution is -0.114. The van der Waals surface area contributed by atoms with Crippen LogP contribution < -0.4 is 14.5 Å². The van der Waals surface area contributed by atoms with Crippen LogP contribution in [0.5, 0.6) is 11.5 Å². The van der Waals surface area contributed by atoms with Crippen molar-refractivity contribution in [2.24, 2.45) is 5.10 Å². The molecule has 4 aromatic rings. The van der Waals surface area contributed by atoms with Crippen LogP contribution in [-0.2, 0) is 11.4 Å². The highest BCUT2D eigenvalue weighted by molar-refractivity contribution is 9.10. The number of carbonyl (C=O) groups is 1. The molecule has 1 amide bonds. The Kier molecular flexibility index (Phi) is 7.33. The number of hydrogen-bond donors (Lipinski definition) is 0. The van der Waals surface area contributed by atoms with Crippen molar-refractivity contribution in [1.29, 1.82) is 0 Å². The summed E-state index contributed by atoms with van der Waals surface area (Å²) < 4.78 is 81.6. The summed E-state index contributed by atoms with van der Waals surface area (Å²) in [5.74, 6) is -11.4. The zero-order valence-electron chi connectivity index (χ0n) is 20.9.